The Kier molecular flexibility index (Phi) is 10.1. The lowest BCUT2D eigenvalue weighted by molar-refractivity contribution is -0.143. The van der Waals surface area contributed by atoms with E-state index in [2.05, 4.69) is 0 Å². The monoisotopic (exact) mass is 383 g/mol. The molecule has 0 saturated carbocycles. The zero-order valence-corrected chi connectivity index (χ0v) is 17.5. The summed E-state index contributed by atoms with van der Waals surface area (Å²) < 4.78 is 26.9. The Morgan fingerprint density at radius 2 is 1.44 bits per heavy atom. The first-order valence-corrected chi connectivity index (χ1v) is 9.05. The van der Waals surface area contributed by atoms with Gasteiger partial charge in [-0.15, -0.1) is 0 Å². The van der Waals surface area contributed by atoms with Gasteiger partial charge in [0, 0.05) is 27.3 Å². The van der Waals surface area contributed by atoms with Crippen molar-refractivity contribution in [2.24, 2.45) is 5.92 Å². The Balaban J connectivity index is 3.14. The SMILES string of the molecule is COCCN(CCOC)C(C(=O)Oc1c(OC)cc(C)cc1OC)C(C)C. The second-order valence-electron chi connectivity index (χ2n) is 6.63. The fourth-order valence-electron chi connectivity index (χ4n) is 2.92. The molecule has 1 aromatic rings. The molecule has 0 radical (unpaired) electrons. The van der Waals surface area contributed by atoms with Crippen molar-refractivity contribution < 1.29 is 28.5 Å². The largest absolute Gasteiger partial charge is 0.493 e. The van der Waals surface area contributed by atoms with Crippen molar-refractivity contribution in [3.63, 3.8) is 0 Å². The number of ether oxygens (including phenoxy) is 5. The third kappa shape index (κ3) is 6.68. The topological polar surface area (TPSA) is 66.5 Å². The van der Waals surface area contributed by atoms with Gasteiger partial charge in [-0.3, -0.25) is 4.90 Å². The number of rotatable bonds is 12. The quantitative estimate of drug-likeness (QED) is 0.406. The molecule has 7 heteroatoms. The summed E-state index contributed by atoms with van der Waals surface area (Å²) in [6.45, 7) is 8.11. The molecule has 0 aromatic heterocycles. The Bertz CT molecular complexity index is 557. The van der Waals surface area contributed by atoms with E-state index >= 15 is 0 Å². The van der Waals surface area contributed by atoms with Gasteiger partial charge in [-0.2, -0.15) is 0 Å². The molecule has 1 atom stereocenters. The van der Waals surface area contributed by atoms with Gasteiger partial charge < -0.3 is 23.7 Å². The number of carbonyl (C=O) groups is 1. The molecule has 1 rings (SSSR count). The highest BCUT2D eigenvalue weighted by atomic mass is 16.6. The van der Waals surface area contributed by atoms with Crippen LogP contribution in [-0.2, 0) is 14.3 Å². The molecule has 0 heterocycles. The fourth-order valence-corrected chi connectivity index (χ4v) is 2.92. The first-order valence-electron chi connectivity index (χ1n) is 9.05. The van der Waals surface area contributed by atoms with Crippen LogP contribution in [0.2, 0.25) is 0 Å². The molecule has 0 amide bonds. The van der Waals surface area contributed by atoms with Crippen molar-refractivity contribution in [2.45, 2.75) is 26.8 Å². The lowest BCUT2D eigenvalue weighted by Gasteiger charge is -2.32. The minimum Gasteiger partial charge on any atom is -0.493 e. The number of carbonyl (C=O) groups excluding carboxylic acids is 1. The molecule has 0 aliphatic rings. The molecule has 7 nitrogen and oxygen atoms in total. The first kappa shape index (κ1) is 23.2. The number of esters is 1. The molecule has 0 aliphatic carbocycles. The van der Waals surface area contributed by atoms with Gasteiger partial charge in [-0.05, 0) is 30.5 Å². The minimum absolute atomic E-state index is 0.0358. The maximum absolute atomic E-state index is 13.1. The van der Waals surface area contributed by atoms with E-state index in [0.29, 0.717) is 43.6 Å². The summed E-state index contributed by atoms with van der Waals surface area (Å²) in [5.41, 5.74) is 0.950. The van der Waals surface area contributed by atoms with Crippen LogP contribution in [0.1, 0.15) is 19.4 Å². The highest BCUT2D eigenvalue weighted by Gasteiger charge is 2.32. The molecule has 154 valence electrons. The highest BCUT2D eigenvalue weighted by Crippen LogP contribution is 2.39. The minimum atomic E-state index is -0.453. The van der Waals surface area contributed by atoms with Crippen LogP contribution in [0.25, 0.3) is 0 Å². The lowest BCUT2D eigenvalue weighted by Crippen LogP contribution is -2.49. The normalized spacial score (nSPS) is 12.3. The first-order chi connectivity index (χ1) is 12.9. The smallest absolute Gasteiger partial charge is 0.329 e. The zero-order valence-electron chi connectivity index (χ0n) is 17.5. The predicted molar refractivity (Wildman–Crippen MR) is 104 cm³/mol. The Labute approximate surface area is 162 Å². The molecule has 0 aliphatic heterocycles. The zero-order chi connectivity index (χ0) is 20.4. The van der Waals surface area contributed by atoms with Gasteiger partial charge in [0.25, 0.3) is 0 Å². The van der Waals surface area contributed by atoms with Crippen LogP contribution in [0.15, 0.2) is 12.1 Å². The van der Waals surface area contributed by atoms with Gasteiger partial charge in [-0.25, -0.2) is 4.79 Å². The second kappa shape index (κ2) is 11.8. The Morgan fingerprint density at radius 3 is 1.81 bits per heavy atom. The van der Waals surface area contributed by atoms with Crippen LogP contribution < -0.4 is 14.2 Å². The lowest BCUT2D eigenvalue weighted by atomic mass is 10.0. The highest BCUT2D eigenvalue weighted by molar-refractivity contribution is 5.80. The van der Waals surface area contributed by atoms with Gasteiger partial charge in [0.2, 0.25) is 5.75 Å². The molecule has 0 bridgehead atoms. The van der Waals surface area contributed by atoms with Crippen LogP contribution >= 0.6 is 0 Å². The van der Waals surface area contributed by atoms with E-state index in [4.69, 9.17) is 23.7 Å². The molecule has 1 unspecified atom stereocenters. The van der Waals surface area contributed by atoms with Crippen molar-refractivity contribution in [3.8, 4) is 17.2 Å². The van der Waals surface area contributed by atoms with Crippen molar-refractivity contribution in [1.29, 1.82) is 0 Å². The summed E-state index contributed by atoms with van der Waals surface area (Å²) in [5, 5.41) is 0. The van der Waals surface area contributed by atoms with Crippen LogP contribution in [-0.4, -0.2) is 71.7 Å². The predicted octanol–water partition coefficient (Wildman–Crippen LogP) is 2.54. The summed E-state index contributed by atoms with van der Waals surface area (Å²) in [5.74, 6) is 0.886. The van der Waals surface area contributed by atoms with E-state index in [-0.39, 0.29) is 11.9 Å². The van der Waals surface area contributed by atoms with Crippen LogP contribution in [0, 0.1) is 12.8 Å². The number of aryl methyl sites for hydroxylation is 1. The number of hydrogen-bond donors (Lipinski definition) is 0. The Morgan fingerprint density at radius 1 is 0.963 bits per heavy atom. The van der Waals surface area contributed by atoms with Gasteiger partial charge in [0.15, 0.2) is 11.5 Å². The van der Waals surface area contributed by atoms with Gasteiger partial charge in [-0.1, -0.05) is 13.8 Å². The maximum atomic E-state index is 13.1. The molecule has 0 N–H and O–H groups in total. The van der Waals surface area contributed by atoms with Crippen LogP contribution in [0.5, 0.6) is 17.2 Å². The number of benzene rings is 1. The summed E-state index contributed by atoms with van der Waals surface area (Å²) in [6, 6.07) is 3.16. The number of nitrogens with zero attached hydrogens (tertiary/aromatic N) is 1. The molecule has 0 saturated heterocycles. The van der Waals surface area contributed by atoms with Crippen LogP contribution in [0.4, 0.5) is 0 Å². The third-order valence-corrected chi connectivity index (χ3v) is 4.24. The molecular formula is C20H33NO6. The third-order valence-electron chi connectivity index (χ3n) is 4.24. The maximum Gasteiger partial charge on any atom is 0.329 e. The van der Waals surface area contributed by atoms with Gasteiger partial charge in [0.05, 0.1) is 27.4 Å². The van der Waals surface area contributed by atoms with E-state index < -0.39 is 6.04 Å². The fraction of sp³-hybridized carbons (Fsp3) is 0.650. The van der Waals surface area contributed by atoms with E-state index in [0.717, 1.165) is 5.56 Å². The molecular weight excluding hydrogens is 350 g/mol. The van der Waals surface area contributed by atoms with Crippen LogP contribution in [0.3, 0.4) is 0 Å². The molecule has 27 heavy (non-hydrogen) atoms. The van der Waals surface area contributed by atoms with Gasteiger partial charge in [0.1, 0.15) is 6.04 Å². The summed E-state index contributed by atoms with van der Waals surface area (Å²) in [7, 11) is 6.35. The standard InChI is InChI=1S/C20H33NO6/c1-14(2)18(21(8-10-23-4)9-11-24-5)20(22)27-19-16(25-6)12-15(3)13-17(19)26-7/h12-14,18H,8-11H2,1-7H3. The van der Waals surface area contributed by atoms with E-state index in [9.17, 15) is 4.79 Å². The number of hydrogen-bond acceptors (Lipinski definition) is 7. The van der Waals surface area contributed by atoms with Crippen molar-refractivity contribution in [2.75, 3.05) is 54.7 Å². The van der Waals surface area contributed by atoms with Gasteiger partial charge >= 0.3 is 5.97 Å². The molecule has 0 fully saturated rings. The second-order valence-corrected chi connectivity index (χ2v) is 6.63. The summed E-state index contributed by atoms with van der Waals surface area (Å²) in [6.07, 6.45) is 0. The van der Waals surface area contributed by atoms with E-state index in [1.807, 2.05) is 37.8 Å². The van der Waals surface area contributed by atoms with Crippen molar-refractivity contribution in [1.82, 2.24) is 4.90 Å². The Hall–Kier alpha value is -1.83. The summed E-state index contributed by atoms with van der Waals surface area (Å²) in [4.78, 5) is 15.1. The van der Waals surface area contributed by atoms with E-state index in [1.54, 1.807) is 14.2 Å². The van der Waals surface area contributed by atoms with Crippen molar-refractivity contribution >= 4 is 5.97 Å². The van der Waals surface area contributed by atoms with Crippen molar-refractivity contribution in [3.05, 3.63) is 17.7 Å². The average Bonchev–Trinajstić information content (AvgIpc) is 2.64. The van der Waals surface area contributed by atoms with E-state index in [1.165, 1.54) is 14.2 Å². The molecule has 1 aromatic carbocycles. The molecule has 0 spiro atoms. The summed E-state index contributed by atoms with van der Waals surface area (Å²) >= 11 is 0. The average molecular weight is 383 g/mol. The number of methoxy groups -OCH3 is 4.